The molecule has 0 aliphatic heterocycles. The SMILES string of the molecule is CCOC(=O)CCC(NCCc1cnc[nH]1)c1ccccc1. The smallest absolute Gasteiger partial charge is 0.305 e. The van der Waals surface area contributed by atoms with Crippen LogP contribution >= 0.6 is 0 Å². The predicted octanol–water partition coefficient (Wildman–Crippen LogP) is 2.63. The summed E-state index contributed by atoms with van der Waals surface area (Å²) in [5, 5.41) is 3.52. The molecule has 0 fully saturated rings. The van der Waals surface area contributed by atoms with E-state index >= 15 is 0 Å². The lowest BCUT2D eigenvalue weighted by atomic mass is 10.0. The van der Waals surface area contributed by atoms with Crippen LogP contribution in [0.3, 0.4) is 0 Å². The molecule has 0 aliphatic rings. The molecule has 2 aromatic rings. The number of aromatic amines is 1. The number of benzene rings is 1. The number of nitrogens with zero attached hydrogens (tertiary/aromatic N) is 1. The molecule has 1 aromatic heterocycles. The van der Waals surface area contributed by atoms with Crippen LogP contribution in [0.5, 0.6) is 0 Å². The fourth-order valence-corrected chi connectivity index (χ4v) is 2.37. The minimum absolute atomic E-state index is 0.140. The quantitative estimate of drug-likeness (QED) is 0.699. The third kappa shape index (κ3) is 5.33. The van der Waals surface area contributed by atoms with Gasteiger partial charge in [-0.3, -0.25) is 4.79 Å². The lowest BCUT2D eigenvalue weighted by Crippen LogP contribution is -2.25. The van der Waals surface area contributed by atoms with Crippen molar-refractivity contribution in [3.63, 3.8) is 0 Å². The highest BCUT2D eigenvalue weighted by Crippen LogP contribution is 2.18. The topological polar surface area (TPSA) is 67.0 Å². The lowest BCUT2D eigenvalue weighted by Gasteiger charge is -2.19. The zero-order valence-electron chi connectivity index (χ0n) is 12.9. The van der Waals surface area contributed by atoms with Crippen LogP contribution in [0.1, 0.15) is 37.1 Å². The summed E-state index contributed by atoms with van der Waals surface area (Å²) in [7, 11) is 0. The van der Waals surface area contributed by atoms with Gasteiger partial charge in [0.1, 0.15) is 0 Å². The molecule has 0 aliphatic carbocycles. The van der Waals surface area contributed by atoms with Crippen LogP contribution in [0.25, 0.3) is 0 Å². The number of hydrogen-bond acceptors (Lipinski definition) is 4. The number of esters is 1. The van der Waals surface area contributed by atoms with E-state index in [1.807, 2.05) is 31.3 Å². The van der Waals surface area contributed by atoms with Crippen molar-refractivity contribution in [2.45, 2.75) is 32.2 Å². The van der Waals surface area contributed by atoms with Crippen molar-refractivity contribution in [2.75, 3.05) is 13.2 Å². The van der Waals surface area contributed by atoms with Gasteiger partial charge in [0.05, 0.1) is 12.9 Å². The van der Waals surface area contributed by atoms with Gasteiger partial charge in [-0.05, 0) is 18.9 Å². The van der Waals surface area contributed by atoms with Crippen LogP contribution in [0.4, 0.5) is 0 Å². The highest BCUT2D eigenvalue weighted by molar-refractivity contribution is 5.69. The third-order valence-corrected chi connectivity index (χ3v) is 3.48. The van der Waals surface area contributed by atoms with Gasteiger partial charge in [-0.1, -0.05) is 30.3 Å². The molecule has 0 radical (unpaired) electrons. The minimum Gasteiger partial charge on any atom is -0.466 e. The first-order valence-corrected chi connectivity index (χ1v) is 7.70. The summed E-state index contributed by atoms with van der Waals surface area (Å²) in [5.41, 5.74) is 2.29. The van der Waals surface area contributed by atoms with Crippen LogP contribution in [0, 0.1) is 0 Å². The minimum atomic E-state index is -0.140. The number of H-pyrrole nitrogens is 1. The van der Waals surface area contributed by atoms with Crippen molar-refractivity contribution in [3.8, 4) is 0 Å². The summed E-state index contributed by atoms with van der Waals surface area (Å²) in [6, 6.07) is 10.3. The van der Waals surface area contributed by atoms with Gasteiger partial charge in [0, 0.05) is 37.3 Å². The zero-order valence-corrected chi connectivity index (χ0v) is 12.9. The van der Waals surface area contributed by atoms with E-state index in [4.69, 9.17) is 4.74 Å². The number of carbonyl (C=O) groups excluding carboxylic acids is 1. The molecular weight excluding hydrogens is 278 g/mol. The summed E-state index contributed by atoms with van der Waals surface area (Å²) in [6.45, 7) is 3.09. The van der Waals surface area contributed by atoms with Crippen molar-refractivity contribution < 1.29 is 9.53 Å². The van der Waals surface area contributed by atoms with Crippen molar-refractivity contribution >= 4 is 5.97 Å². The Hall–Kier alpha value is -2.14. The van der Waals surface area contributed by atoms with Gasteiger partial charge in [0.15, 0.2) is 0 Å². The second kappa shape index (κ2) is 9.00. The van der Waals surface area contributed by atoms with E-state index in [0.717, 1.165) is 25.1 Å². The van der Waals surface area contributed by atoms with Crippen molar-refractivity contribution in [1.29, 1.82) is 0 Å². The Kier molecular flexibility index (Phi) is 6.64. The summed E-state index contributed by atoms with van der Waals surface area (Å²) >= 11 is 0. The third-order valence-electron chi connectivity index (χ3n) is 3.48. The molecule has 118 valence electrons. The Labute approximate surface area is 131 Å². The summed E-state index contributed by atoms with van der Waals surface area (Å²) in [6.07, 6.45) is 5.54. The first-order chi connectivity index (χ1) is 10.8. The van der Waals surface area contributed by atoms with Gasteiger partial charge in [0.2, 0.25) is 0 Å². The van der Waals surface area contributed by atoms with Crippen molar-refractivity contribution in [1.82, 2.24) is 15.3 Å². The Morgan fingerprint density at radius 2 is 2.18 bits per heavy atom. The first kappa shape index (κ1) is 16.2. The Morgan fingerprint density at radius 3 is 2.86 bits per heavy atom. The predicted molar refractivity (Wildman–Crippen MR) is 85.3 cm³/mol. The normalized spacial score (nSPS) is 12.0. The van der Waals surface area contributed by atoms with Crippen LogP contribution in [-0.4, -0.2) is 29.1 Å². The molecule has 0 saturated heterocycles. The van der Waals surface area contributed by atoms with Crippen LogP contribution in [0.15, 0.2) is 42.9 Å². The van der Waals surface area contributed by atoms with Crippen molar-refractivity contribution in [3.05, 3.63) is 54.1 Å². The average Bonchev–Trinajstić information content (AvgIpc) is 3.05. The van der Waals surface area contributed by atoms with Gasteiger partial charge in [-0.15, -0.1) is 0 Å². The molecule has 1 heterocycles. The van der Waals surface area contributed by atoms with Crippen molar-refractivity contribution in [2.24, 2.45) is 0 Å². The molecule has 5 heteroatoms. The molecule has 1 unspecified atom stereocenters. The van der Waals surface area contributed by atoms with Crippen LogP contribution in [-0.2, 0) is 16.0 Å². The van der Waals surface area contributed by atoms with Crippen LogP contribution < -0.4 is 5.32 Å². The average molecular weight is 301 g/mol. The van der Waals surface area contributed by atoms with E-state index in [1.165, 1.54) is 5.56 Å². The van der Waals surface area contributed by atoms with E-state index in [-0.39, 0.29) is 12.0 Å². The standard InChI is InChI=1S/C17H23N3O2/c1-2-22-17(21)9-8-16(14-6-4-3-5-7-14)19-11-10-15-12-18-13-20-15/h3-7,12-13,16,19H,2,8-11H2,1H3,(H,18,20). The Bertz CT molecular complexity index is 540. The van der Waals surface area contributed by atoms with Gasteiger partial charge < -0.3 is 15.0 Å². The number of hydrogen-bond donors (Lipinski definition) is 2. The number of carbonyl (C=O) groups is 1. The highest BCUT2D eigenvalue weighted by Gasteiger charge is 2.13. The molecule has 1 atom stereocenters. The van der Waals surface area contributed by atoms with E-state index < -0.39 is 0 Å². The van der Waals surface area contributed by atoms with Crippen LogP contribution in [0.2, 0.25) is 0 Å². The van der Waals surface area contributed by atoms with Gasteiger partial charge in [-0.2, -0.15) is 0 Å². The van der Waals surface area contributed by atoms with E-state index in [1.54, 1.807) is 6.33 Å². The number of imidazole rings is 1. The molecule has 5 nitrogen and oxygen atoms in total. The molecule has 22 heavy (non-hydrogen) atoms. The van der Waals surface area contributed by atoms with Gasteiger partial charge in [0.25, 0.3) is 0 Å². The maximum Gasteiger partial charge on any atom is 0.305 e. The van der Waals surface area contributed by atoms with E-state index in [0.29, 0.717) is 13.0 Å². The van der Waals surface area contributed by atoms with E-state index in [2.05, 4.69) is 27.4 Å². The number of nitrogens with one attached hydrogen (secondary N) is 2. The summed E-state index contributed by atoms with van der Waals surface area (Å²) in [4.78, 5) is 18.7. The molecule has 0 amide bonds. The number of ether oxygens (including phenoxy) is 1. The number of aromatic nitrogens is 2. The lowest BCUT2D eigenvalue weighted by molar-refractivity contribution is -0.143. The first-order valence-electron chi connectivity index (χ1n) is 7.70. The fraction of sp³-hybridized carbons (Fsp3) is 0.412. The fourth-order valence-electron chi connectivity index (χ4n) is 2.37. The van der Waals surface area contributed by atoms with Gasteiger partial charge >= 0.3 is 5.97 Å². The molecule has 2 N–H and O–H groups in total. The largest absolute Gasteiger partial charge is 0.466 e. The monoisotopic (exact) mass is 301 g/mol. The molecular formula is C17H23N3O2. The van der Waals surface area contributed by atoms with E-state index in [9.17, 15) is 4.79 Å². The second-order valence-electron chi connectivity index (χ2n) is 5.09. The molecule has 2 rings (SSSR count). The Balaban J connectivity index is 1.88. The molecule has 0 spiro atoms. The maximum atomic E-state index is 11.6. The zero-order chi connectivity index (χ0) is 15.6. The molecule has 0 bridgehead atoms. The summed E-state index contributed by atoms with van der Waals surface area (Å²) < 4.78 is 5.01. The number of rotatable bonds is 9. The molecule has 1 aromatic carbocycles. The molecule has 0 saturated carbocycles. The second-order valence-corrected chi connectivity index (χ2v) is 5.09. The van der Waals surface area contributed by atoms with Gasteiger partial charge in [-0.25, -0.2) is 4.98 Å². The maximum absolute atomic E-state index is 11.6. The highest BCUT2D eigenvalue weighted by atomic mass is 16.5. The summed E-state index contributed by atoms with van der Waals surface area (Å²) in [5.74, 6) is -0.140. The Morgan fingerprint density at radius 1 is 1.36 bits per heavy atom.